The number of nitrogens with zero attached hydrogens (tertiary/aromatic N) is 2. The fourth-order valence-corrected chi connectivity index (χ4v) is 3.06. The van der Waals surface area contributed by atoms with Crippen molar-refractivity contribution in [1.82, 2.24) is 15.5 Å². The van der Waals surface area contributed by atoms with Crippen molar-refractivity contribution in [2.75, 3.05) is 39.8 Å². The zero-order valence-corrected chi connectivity index (χ0v) is 15.3. The molecular formula is C18H27F3N4O. The van der Waals surface area contributed by atoms with Crippen LogP contribution in [0.3, 0.4) is 0 Å². The molecule has 0 bridgehead atoms. The largest absolute Gasteiger partial charge is 0.494 e. The van der Waals surface area contributed by atoms with E-state index < -0.39 is 12.7 Å². The summed E-state index contributed by atoms with van der Waals surface area (Å²) in [7, 11) is 1.67. The maximum atomic E-state index is 12.5. The van der Waals surface area contributed by atoms with Crippen LogP contribution in [0.1, 0.15) is 18.9 Å². The number of ether oxygens (including phenoxy) is 1. The molecule has 1 atom stereocenters. The van der Waals surface area contributed by atoms with E-state index in [4.69, 9.17) is 4.74 Å². The van der Waals surface area contributed by atoms with Gasteiger partial charge in [0.05, 0.1) is 13.2 Å². The Hall–Kier alpha value is -1.96. The molecule has 1 aromatic carbocycles. The topological polar surface area (TPSA) is 48.9 Å². The molecule has 2 rings (SSSR count). The zero-order valence-electron chi connectivity index (χ0n) is 15.3. The molecule has 0 radical (unpaired) electrons. The van der Waals surface area contributed by atoms with Gasteiger partial charge in [0.25, 0.3) is 0 Å². The maximum Gasteiger partial charge on any atom is 0.401 e. The number of hydrogen-bond acceptors (Lipinski definition) is 3. The van der Waals surface area contributed by atoms with Gasteiger partial charge < -0.3 is 15.4 Å². The Morgan fingerprint density at radius 1 is 1.31 bits per heavy atom. The van der Waals surface area contributed by atoms with Crippen molar-refractivity contribution < 1.29 is 17.9 Å². The molecule has 0 saturated carbocycles. The number of guanidine groups is 1. The van der Waals surface area contributed by atoms with Crippen LogP contribution in [-0.2, 0) is 6.54 Å². The normalized spacial score (nSPS) is 18.8. The van der Waals surface area contributed by atoms with Crippen LogP contribution in [0.2, 0.25) is 0 Å². The Morgan fingerprint density at radius 2 is 2.08 bits per heavy atom. The Balaban J connectivity index is 1.77. The number of para-hydroxylation sites is 1. The average molecular weight is 372 g/mol. The van der Waals surface area contributed by atoms with Crippen molar-refractivity contribution in [3.8, 4) is 5.75 Å². The molecule has 1 fully saturated rings. The van der Waals surface area contributed by atoms with Gasteiger partial charge in [-0.15, -0.1) is 0 Å². The molecule has 0 aromatic heterocycles. The third kappa shape index (κ3) is 6.74. The number of alkyl halides is 3. The maximum absolute atomic E-state index is 12.5. The van der Waals surface area contributed by atoms with Crippen molar-refractivity contribution in [2.24, 2.45) is 10.9 Å². The van der Waals surface area contributed by atoms with Gasteiger partial charge in [-0.25, -0.2) is 0 Å². The van der Waals surface area contributed by atoms with Gasteiger partial charge in [0, 0.05) is 32.2 Å². The van der Waals surface area contributed by atoms with Gasteiger partial charge >= 0.3 is 6.18 Å². The minimum Gasteiger partial charge on any atom is -0.494 e. The smallest absolute Gasteiger partial charge is 0.401 e. The van der Waals surface area contributed by atoms with Crippen LogP contribution in [0.15, 0.2) is 29.3 Å². The number of hydrogen-bond donors (Lipinski definition) is 2. The van der Waals surface area contributed by atoms with Crippen molar-refractivity contribution >= 4 is 5.96 Å². The van der Waals surface area contributed by atoms with E-state index >= 15 is 0 Å². The van der Waals surface area contributed by atoms with Crippen LogP contribution < -0.4 is 15.4 Å². The summed E-state index contributed by atoms with van der Waals surface area (Å²) in [5, 5.41) is 6.43. The molecule has 1 saturated heterocycles. The lowest BCUT2D eigenvalue weighted by Gasteiger charge is -2.19. The summed E-state index contributed by atoms with van der Waals surface area (Å²) in [6.45, 7) is 3.80. The first-order valence-electron chi connectivity index (χ1n) is 8.85. The Bertz CT molecular complexity index is 592. The fourth-order valence-electron chi connectivity index (χ4n) is 3.06. The minimum atomic E-state index is -4.13. The van der Waals surface area contributed by atoms with E-state index in [0.29, 0.717) is 38.7 Å². The predicted octanol–water partition coefficient (Wildman–Crippen LogP) is 2.63. The first-order chi connectivity index (χ1) is 12.4. The van der Waals surface area contributed by atoms with E-state index in [0.717, 1.165) is 17.7 Å². The lowest BCUT2D eigenvalue weighted by molar-refractivity contribution is -0.143. The van der Waals surface area contributed by atoms with Crippen LogP contribution >= 0.6 is 0 Å². The molecule has 0 aliphatic carbocycles. The second kappa shape index (κ2) is 9.66. The van der Waals surface area contributed by atoms with Gasteiger partial charge in [-0.2, -0.15) is 13.2 Å². The number of likely N-dealkylation sites (tertiary alicyclic amines) is 1. The van der Waals surface area contributed by atoms with E-state index in [1.807, 2.05) is 31.2 Å². The fraction of sp³-hybridized carbons (Fsp3) is 0.611. The number of nitrogens with one attached hydrogen (secondary N) is 2. The highest BCUT2D eigenvalue weighted by Crippen LogP contribution is 2.22. The number of aliphatic imine (C=N–C) groups is 1. The van der Waals surface area contributed by atoms with Crippen LogP contribution in [0.25, 0.3) is 0 Å². The summed E-state index contributed by atoms with van der Waals surface area (Å²) in [4.78, 5) is 5.64. The standard InChI is InChI=1S/C18H27F3N4O/c1-3-26-16-7-5-4-6-15(16)11-24-17(22-2)23-10-14-8-9-25(12-14)13-18(19,20)21/h4-7,14H,3,8-13H2,1-2H3,(H2,22,23,24). The van der Waals surface area contributed by atoms with Crippen molar-refractivity contribution in [2.45, 2.75) is 26.1 Å². The van der Waals surface area contributed by atoms with Gasteiger partial charge in [-0.05, 0) is 31.9 Å². The molecule has 146 valence electrons. The van der Waals surface area contributed by atoms with Gasteiger partial charge in [0.2, 0.25) is 0 Å². The third-order valence-corrected chi connectivity index (χ3v) is 4.27. The molecule has 2 N–H and O–H groups in total. The molecule has 0 amide bonds. The molecule has 0 spiro atoms. The molecule has 1 heterocycles. The lowest BCUT2D eigenvalue weighted by atomic mass is 10.1. The Labute approximate surface area is 152 Å². The van der Waals surface area contributed by atoms with Gasteiger partial charge in [0.15, 0.2) is 5.96 Å². The minimum absolute atomic E-state index is 0.187. The average Bonchev–Trinajstić information content (AvgIpc) is 3.02. The summed E-state index contributed by atoms with van der Waals surface area (Å²) < 4.78 is 43.0. The molecule has 8 heteroatoms. The summed E-state index contributed by atoms with van der Waals surface area (Å²) >= 11 is 0. The van der Waals surface area contributed by atoms with Crippen LogP contribution in [0.4, 0.5) is 13.2 Å². The lowest BCUT2D eigenvalue weighted by Crippen LogP contribution is -2.40. The summed E-state index contributed by atoms with van der Waals surface area (Å²) in [5.74, 6) is 1.65. The quantitative estimate of drug-likeness (QED) is 0.571. The second-order valence-electron chi connectivity index (χ2n) is 6.35. The molecule has 5 nitrogen and oxygen atoms in total. The van der Waals surface area contributed by atoms with E-state index in [1.165, 1.54) is 4.90 Å². The van der Waals surface area contributed by atoms with Crippen molar-refractivity contribution in [3.05, 3.63) is 29.8 Å². The monoisotopic (exact) mass is 372 g/mol. The molecular weight excluding hydrogens is 345 g/mol. The number of halogens is 3. The van der Waals surface area contributed by atoms with E-state index in [2.05, 4.69) is 15.6 Å². The SMILES string of the molecule is CCOc1ccccc1CNC(=NC)NCC1CCN(CC(F)(F)F)C1. The highest BCUT2D eigenvalue weighted by atomic mass is 19.4. The van der Waals surface area contributed by atoms with Gasteiger partial charge in [0.1, 0.15) is 5.75 Å². The van der Waals surface area contributed by atoms with Crippen LogP contribution in [-0.4, -0.2) is 56.9 Å². The second-order valence-corrected chi connectivity index (χ2v) is 6.35. The predicted molar refractivity (Wildman–Crippen MR) is 96.4 cm³/mol. The Kier molecular flexibility index (Phi) is 7.56. The highest BCUT2D eigenvalue weighted by Gasteiger charge is 2.34. The number of benzene rings is 1. The molecule has 1 unspecified atom stereocenters. The first-order valence-corrected chi connectivity index (χ1v) is 8.85. The van der Waals surface area contributed by atoms with Crippen molar-refractivity contribution in [1.29, 1.82) is 0 Å². The molecule has 1 aliphatic heterocycles. The molecule has 1 aromatic rings. The highest BCUT2D eigenvalue weighted by molar-refractivity contribution is 5.79. The summed E-state index contributed by atoms with van der Waals surface area (Å²) in [6.07, 6.45) is -3.37. The van der Waals surface area contributed by atoms with Crippen molar-refractivity contribution in [3.63, 3.8) is 0 Å². The Morgan fingerprint density at radius 3 is 2.77 bits per heavy atom. The van der Waals surface area contributed by atoms with Crippen LogP contribution in [0.5, 0.6) is 5.75 Å². The van der Waals surface area contributed by atoms with E-state index in [1.54, 1.807) is 7.05 Å². The molecule has 1 aliphatic rings. The van der Waals surface area contributed by atoms with Gasteiger partial charge in [-0.3, -0.25) is 9.89 Å². The third-order valence-electron chi connectivity index (χ3n) is 4.27. The van der Waals surface area contributed by atoms with Crippen LogP contribution in [0, 0.1) is 5.92 Å². The number of rotatable bonds is 7. The van der Waals surface area contributed by atoms with E-state index in [9.17, 15) is 13.2 Å². The summed E-state index contributed by atoms with van der Waals surface area (Å²) in [5.41, 5.74) is 1.02. The zero-order chi connectivity index (χ0) is 19.0. The van der Waals surface area contributed by atoms with Gasteiger partial charge in [-0.1, -0.05) is 18.2 Å². The first kappa shape index (κ1) is 20.4. The van der Waals surface area contributed by atoms with E-state index in [-0.39, 0.29) is 5.92 Å². The molecule has 26 heavy (non-hydrogen) atoms. The summed E-state index contributed by atoms with van der Waals surface area (Å²) in [6, 6.07) is 7.78.